The molecule has 3 aliphatic carbocycles. The lowest BCUT2D eigenvalue weighted by Crippen LogP contribution is -2.81. The number of fused-ring (bicyclic) bond motifs is 3. The molecule has 35 heavy (non-hydrogen) atoms. The standard InChI is InChI=1S/C27H30O8/c1-10(2)18-20(30)16(13(5)28)22(32)27(35)23(33)19-21(31)17-14(29)9-8-11(3)15(17)12(4)25(19,6)24(34)26(18,27)7/h8-10,16,18-19,24,29,34-35H,4H2,1-3,5-7H3/t16?,18?,19?,24-,25+,26+,27+/m1/s1. The number of carbonyl (C=O) groups is 5. The van der Waals surface area contributed by atoms with E-state index in [1.807, 2.05) is 0 Å². The molecule has 0 aromatic heterocycles. The number of ketones is 5. The van der Waals surface area contributed by atoms with Crippen LogP contribution in [-0.2, 0) is 19.2 Å². The van der Waals surface area contributed by atoms with Crippen LogP contribution in [0.2, 0.25) is 0 Å². The molecular weight excluding hydrogens is 452 g/mol. The summed E-state index contributed by atoms with van der Waals surface area (Å²) < 4.78 is 0. The third-order valence-electron chi connectivity index (χ3n) is 8.92. The average Bonchev–Trinajstić information content (AvgIpc) is 2.75. The van der Waals surface area contributed by atoms with Gasteiger partial charge in [-0.25, -0.2) is 0 Å². The van der Waals surface area contributed by atoms with Gasteiger partial charge in [0.25, 0.3) is 0 Å². The molecular formula is C27H30O8. The quantitative estimate of drug-likeness (QED) is 0.541. The van der Waals surface area contributed by atoms with Crippen LogP contribution in [0.25, 0.3) is 5.57 Å². The van der Waals surface area contributed by atoms with E-state index >= 15 is 0 Å². The Labute approximate surface area is 203 Å². The van der Waals surface area contributed by atoms with E-state index in [0.29, 0.717) is 5.56 Å². The first-order valence-electron chi connectivity index (χ1n) is 11.6. The molecule has 3 N–H and O–H groups in total. The average molecular weight is 483 g/mol. The molecule has 0 spiro atoms. The SMILES string of the molecule is C=C1c2c(C)ccc(O)c2C(=O)C2C(=O)[C@@]3(O)C(=O)C(C(C)=O)C(=O)C(C(C)C)[C@@]3(C)[C@H](O)[C@@]12C. The number of hydrogen-bond donors (Lipinski definition) is 3. The number of hydrogen-bond acceptors (Lipinski definition) is 8. The minimum absolute atomic E-state index is 0.173. The summed E-state index contributed by atoms with van der Waals surface area (Å²) in [5.41, 5.74) is -5.85. The molecule has 3 unspecified atom stereocenters. The number of rotatable bonds is 2. The van der Waals surface area contributed by atoms with Crippen molar-refractivity contribution in [2.24, 2.45) is 34.5 Å². The number of Topliss-reactive ketones (excluding diaryl/α,β-unsaturated/α-hetero) is 5. The Balaban J connectivity index is 2.11. The molecule has 1 aromatic rings. The largest absolute Gasteiger partial charge is 0.507 e. The minimum atomic E-state index is -2.98. The summed E-state index contributed by atoms with van der Waals surface area (Å²) in [6.07, 6.45) is -1.75. The van der Waals surface area contributed by atoms with E-state index in [9.17, 15) is 39.3 Å². The van der Waals surface area contributed by atoms with Crippen molar-refractivity contribution < 1.29 is 39.3 Å². The molecule has 0 heterocycles. The summed E-state index contributed by atoms with van der Waals surface area (Å²) >= 11 is 0. The van der Waals surface area contributed by atoms with E-state index < -0.39 is 80.9 Å². The predicted octanol–water partition coefficient (Wildman–Crippen LogP) is 1.84. The zero-order valence-electron chi connectivity index (χ0n) is 20.6. The second kappa shape index (κ2) is 7.27. The van der Waals surface area contributed by atoms with E-state index in [-0.39, 0.29) is 16.7 Å². The van der Waals surface area contributed by atoms with Crippen LogP contribution < -0.4 is 0 Å². The molecule has 186 valence electrons. The molecule has 4 rings (SSSR count). The van der Waals surface area contributed by atoms with Crippen LogP contribution in [0.15, 0.2) is 18.7 Å². The summed E-state index contributed by atoms with van der Waals surface area (Å²) in [6.45, 7) is 12.9. The summed E-state index contributed by atoms with van der Waals surface area (Å²) in [4.78, 5) is 67.3. The second-order valence-corrected chi connectivity index (χ2v) is 11.0. The molecule has 0 amide bonds. The molecule has 8 nitrogen and oxygen atoms in total. The monoisotopic (exact) mass is 482 g/mol. The molecule has 3 aliphatic rings. The van der Waals surface area contributed by atoms with E-state index in [2.05, 4.69) is 6.58 Å². The van der Waals surface area contributed by atoms with Crippen LogP contribution in [0, 0.1) is 41.4 Å². The van der Waals surface area contributed by atoms with Gasteiger partial charge in [-0.05, 0) is 42.5 Å². The van der Waals surface area contributed by atoms with Crippen molar-refractivity contribution in [3.8, 4) is 5.75 Å². The topological polar surface area (TPSA) is 146 Å². The van der Waals surface area contributed by atoms with E-state index in [1.165, 1.54) is 19.9 Å². The van der Waals surface area contributed by atoms with Crippen LogP contribution in [-0.4, -0.2) is 55.9 Å². The number of aromatic hydroxyl groups is 1. The Morgan fingerprint density at radius 1 is 1.06 bits per heavy atom. The minimum Gasteiger partial charge on any atom is -0.507 e. The van der Waals surface area contributed by atoms with Gasteiger partial charge in [0.05, 0.1) is 17.6 Å². The van der Waals surface area contributed by atoms with Gasteiger partial charge in [0.1, 0.15) is 17.5 Å². The summed E-state index contributed by atoms with van der Waals surface area (Å²) in [5.74, 6) is -10.8. The number of phenols is 1. The highest BCUT2D eigenvalue weighted by molar-refractivity contribution is 6.33. The zero-order chi connectivity index (χ0) is 26.6. The van der Waals surface area contributed by atoms with Gasteiger partial charge in [-0.3, -0.25) is 24.0 Å². The van der Waals surface area contributed by atoms with Gasteiger partial charge in [0, 0.05) is 16.7 Å². The summed E-state index contributed by atoms with van der Waals surface area (Å²) in [7, 11) is 0. The van der Waals surface area contributed by atoms with Gasteiger partial charge in [0.2, 0.25) is 0 Å². The van der Waals surface area contributed by atoms with Crippen LogP contribution in [0.4, 0.5) is 0 Å². The van der Waals surface area contributed by atoms with E-state index in [0.717, 1.165) is 6.92 Å². The first-order chi connectivity index (χ1) is 16.0. The van der Waals surface area contributed by atoms with Crippen LogP contribution in [0.5, 0.6) is 5.75 Å². The number of aliphatic hydroxyl groups is 2. The number of aliphatic hydroxyl groups excluding tert-OH is 1. The molecule has 2 fully saturated rings. The number of carbonyl (C=O) groups excluding carboxylic acids is 5. The molecule has 2 saturated carbocycles. The highest BCUT2D eigenvalue weighted by atomic mass is 16.3. The highest BCUT2D eigenvalue weighted by Crippen LogP contribution is 2.66. The van der Waals surface area contributed by atoms with E-state index in [4.69, 9.17) is 0 Å². The Hall–Kier alpha value is -2.97. The van der Waals surface area contributed by atoms with Crippen molar-refractivity contribution >= 4 is 34.5 Å². The third-order valence-corrected chi connectivity index (χ3v) is 8.92. The molecule has 7 atom stereocenters. The zero-order valence-corrected chi connectivity index (χ0v) is 20.6. The molecule has 1 aromatic carbocycles. The number of benzene rings is 1. The van der Waals surface area contributed by atoms with Crippen LogP contribution in [0.1, 0.15) is 56.1 Å². The van der Waals surface area contributed by atoms with Crippen molar-refractivity contribution in [2.45, 2.75) is 53.2 Å². The Kier molecular flexibility index (Phi) is 5.22. The lowest BCUT2D eigenvalue weighted by Gasteiger charge is -2.64. The Bertz CT molecular complexity index is 1260. The van der Waals surface area contributed by atoms with Gasteiger partial charge in [-0.2, -0.15) is 0 Å². The van der Waals surface area contributed by atoms with Gasteiger partial charge in [-0.1, -0.05) is 40.3 Å². The lowest BCUT2D eigenvalue weighted by atomic mass is 9.38. The first-order valence-corrected chi connectivity index (χ1v) is 11.6. The maximum atomic E-state index is 14.1. The normalized spacial score (nSPS) is 38.8. The first kappa shape index (κ1) is 25.1. The fourth-order valence-electron chi connectivity index (χ4n) is 7.20. The van der Waals surface area contributed by atoms with Crippen LogP contribution in [0.3, 0.4) is 0 Å². The molecule has 0 radical (unpaired) electrons. The molecule has 0 saturated heterocycles. The predicted molar refractivity (Wildman–Crippen MR) is 124 cm³/mol. The fourth-order valence-corrected chi connectivity index (χ4v) is 7.20. The fraction of sp³-hybridized carbons (Fsp3) is 0.519. The summed E-state index contributed by atoms with van der Waals surface area (Å²) in [5, 5.41) is 34.4. The maximum Gasteiger partial charge on any atom is 0.191 e. The molecule has 8 heteroatoms. The van der Waals surface area contributed by atoms with Gasteiger partial charge >= 0.3 is 0 Å². The lowest BCUT2D eigenvalue weighted by molar-refractivity contribution is -0.230. The highest BCUT2D eigenvalue weighted by Gasteiger charge is 2.80. The molecule has 0 aliphatic heterocycles. The van der Waals surface area contributed by atoms with Gasteiger partial charge < -0.3 is 15.3 Å². The van der Waals surface area contributed by atoms with Crippen molar-refractivity contribution in [1.29, 1.82) is 0 Å². The van der Waals surface area contributed by atoms with Crippen molar-refractivity contribution in [3.05, 3.63) is 35.4 Å². The Morgan fingerprint density at radius 2 is 1.63 bits per heavy atom. The third kappa shape index (κ3) is 2.56. The van der Waals surface area contributed by atoms with Gasteiger partial charge in [-0.15, -0.1) is 0 Å². The maximum absolute atomic E-state index is 14.1. The second-order valence-electron chi connectivity index (χ2n) is 11.0. The van der Waals surface area contributed by atoms with Gasteiger partial charge in [0.15, 0.2) is 28.7 Å². The van der Waals surface area contributed by atoms with Crippen molar-refractivity contribution in [2.75, 3.05) is 0 Å². The number of phenolic OH excluding ortho intramolecular Hbond substituents is 1. The number of aryl methyl sites for hydroxylation is 1. The van der Waals surface area contributed by atoms with Crippen molar-refractivity contribution in [3.63, 3.8) is 0 Å². The van der Waals surface area contributed by atoms with E-state index in [1.54, 1.807) is 26.8 Å². The smallest absolute Gasteiger partial charge is 0.191 e. The molecule has 0 bridgehead atoms. The Morgan fingerprint density at radius 3 is 2.14 bits per heavy atom. The van der Waals surface area contributed by atoms with Crippen LogP contribution >= 0.6 is 0 Å². The van der Waals surface area contributed by atoms with Crippen molar-refractivity contribution in [1.82, 2.24) is 0 Å². The summed E-state index contributed by atoms with van der Waals surface area (Å²) in [6, 6.07) is 2.88.